The summed E-state index contributed by atoms with van der Waals surface area (Å²) in [7, 11) is 0. The summed E-state index contributed by atoms with van der Waals surface area (Å²) < 4.78 is 15.5. The fourth-order valence-electron chi connectivity index (χ4n) is 2.34. The Morgan fingerprint density at radius 2 is 2.21 bits per heavy atom. The molecule has 2 heterocycles. The zero-order chi connectivity index (χ0) is 13.4. The van der Waals surface area contributed by atoms with Crippen molar-refractivity contribution in [2.24, 2.45) is 0 Å². The van der Waals surface area contributed by atoms with Crippen LogP contribution < -0.4 is 14.8 Å². The highest BCUT2D eigenvalue weighted by Crippen LogP contribution is 2.39. The van der Waals surface area contributed by atoms with Gasteiger partial charge in [-0.05, 0) is 18.6 Å². The van der Waals surface area contributed by atoms with Crippen LogP contribution in [0.1, 0.15) is 12.5 Å². The van der Waals surface area contributed by atoms with Crippen molar-refractivity contribution in [2.75, 3.05) is 18.7 Å². The van der Waals surface area contributed by atoms with E-state index in [1.54, 1.807) is 13.0 Å². The molecular formula is C13H15NO5. The van der Waals surface area contributed by atoms with E-state index < -0.39 is 18.1 Å². The normalized spacial score (nSPS) is 23.5. The number of carbonyl (C=O) groups is 1. The molecule has 0 unspecified atom stereocenters. The van der Waals surface area contributed by atoms with Crippen LogP contribution in [0.3, 0.4) is 0 Å². The molecule has 19 heavy (non-hydrogen) atoms. The van der Waals surface area contributed by atoms with Gasteiger partial charge in [-0.3, -0.25) is 0 Å². The summed E-state index contributed by atoms with van der Waals surface area (Å²) >= 11 is 0. The van der Waals surface area contributed by atoms with E-state index in [0.717, 1.165) is 11.3 Å². The van der Waals surface area contributed by atoms with E-state index in [1.165, 1.54) is 0 Å². The molecule has 0 radical (unpaired) electrons. The number of aliphatic hydroxyl groups is 1. The Kier molecular flexibility index (Phi) is 2.94. The van der Waals surface area contributed by atoms with Gasteiger partial charge in [0.25, 0.3) is 0 Å². The molecule has 0 aromatic heterocycles. The van der Waals surface area contributed by atoms with Crippen molar-refractivity contribution in [3.05, 3.63) is 17.7 Å². The zero-order valence-electron chi connectivity index (χ0n) is 10.5. The van der Waals surface area contributed by atoms with Crippen LogP contribution in [0.25, 0.3) is 0 Å². The number of anilines is 1. The Morgan fingerprint density at radius 3 is 2.95 bits per heavy atom. The topological polar surface area (TPSA) is 77.0 Å². The van der Waals surface area contributed by atoms with Crippen LogP contribution in [0.15, 0.2) is 12.1 Å². The molecule has 0 saturated carbocycles. The van der Waals surface area contributed by atoms with Gasteiger partial charge in [0.05, 0.1) is 12.7 Å². The van der Waals surface area contributed by atoms with Gasteiger partial charge in [-0.1, -0.05) is 0 Å². The minimum absolute atomic E-state index is 0.197. The second-order valence-electron chi connectivity index (χ2n) is 4.51. The average Bonchev–Trinajstić information content (AvgIpc) is 2.82. The minimum atomic E-state index is -0.813. The van der Waals surface area contributed by atoms with Crippen LogP contribution in [-0.4, -0.2) is 36.6 Å². The Balaban J connectivity index is 1.88. The molecule has 102 valence electrons. The van der Waals surface area contributed by atoms with Gasteiger partial charge in [0.15, 0.2) is 17.5 Å². The van der Waals surface area contributed by atoms with Crippen molar-refractivity contribution in [3.8, 4) is 11.5 Å². The molecule has 2 aliphatic rings. The van der Waals surface area contributed by atoms with Gasteiger partial charge in [-0.2, -0.15) is 0 Å². The van der Waals surface area contributed by atoms with Crippen LogP contribution in [0.5, 0.6) is 11.5 Å². The third kappa shape index (κ3) is 2.08. The van der Waals surface area contributed by atoms with Gasteiger partial charge in [0.2, 0.25) is 6.79 Å². The third-order valence-electron chi connectivity index (χ3n) is 3.26. The molecule has 0 bridgehead atoms. The molecule has 0 saturated heterocycles. The number of fused-ring (bicyclic) bond motifs is 2. The molecule has 3 rings (SSSR count). The van der Waals surface area contributed by atoms with Crippen LogP contribution in [0, 0.1) is 0 Å². The van der Waals surface area contributed by atoms with Gasteiger partial charge in [-0.25, -0.2) is 4.79 Å². The molecular weight excluding hydrogens is 250 g/mol. The summed E-state index contributed by atoms with van der Waals surface area (Å²) in [6.07, 6.45) is -0.436. The molecule has 2 atom stereocenters. The quantitative estimate of drug-likeness (QED) is 0.766. The van der Waals surface area contributed by atoms with E-state index in [0.29, 0.717) is 17.9 Å². The van der Waals surface area contributed by atoms with Crippen LogP contribution in [0.4, 0.5) is 5.69 Å². The molecule has 6 nitrogen and oxygen atoms in total. The monoisotopic (exact) mass is 265 g/mol. The predicted molar refractivity (Wildman–Crippen MR) is 66.3 cm³/mol. The SMILES string of the molecule is CCOC(=O)[C@H]1Nc2cc3c(cc2C[C@@H]1O)OCO3. The molecule has 0 fully saturated rings. The maximum atomic E-state index is 11.8. The number of hydrogen-bond donors (Lipinski definition) is 2. The molecule has 0 amide bonds. The molecule has 0 spiro atoms. The number of esters is 1. The van der Waals surface area contributed by atoms with Crippen LogP contribution in [0.2, 0.25) is 0 Å². The highest BCUT2D eigenvalue weighted by Gasteiger charge is 2.34. The van der Waals surface area contributed by atoms with Crippen molar-refractivity contribution >= 4 is 11.7 Å². The summed E-state index contributed by atoms with van der Waals surface area (Å²) in [6, 6.07) is 2.87. The van der Waals surface area contributed by atoms with Gasteiger partial charge in [0, 0.05) is 18.2 Å². The maximum absolute atomic E-state index is 11.8. The lowest BCUT2D eigenvalue weighted by Crippen LogP contribution is -2.45. The molecule has 2 N–H and O–H groups in total. The summed E-state index contributed by atoms with van der Waals surface area (Å²) in [5.74, 6) is 0.867. The molecule has 1 aromatic rings. The lowest BCUT2D eigenvalue weighted by atomic mass is 9.95. The molecule has 2 aliphatic heterocycles. The standard InChI is InChI=1S/C13H15NO5/c1-2-17-13(16)12-9(15)3-7-4-10-11(19-6-18-10)5-8(7)14-12/h4-5,9,12,14-15H,2-3,6H2,1H3/t9-,12-/m0/s1. The zero-order valence-corrected chi connectivity index (χ0v) is 10.5. The summed E-state index contributed by atoms with van der Waals surface area (Å²) in [4.78, 5) is 11.8. The van der Waals surface area contributed by atoms with Crippen molar-refractivity contribution in [3.63, 3.8) is 0 Å². The first-order chi connectivity index (χ1) is 9.19. The van der Waals surface area contributed by atoms with Crippen molar-refractivity contribution in [2.45, 2.75) is 25.5 Å². The molecule has 0 aliphatic carbocycles. The van der Waals surface area contributed by atoms with Crippen molar-refractivity contribution in [1.82, 2.24) is 0 Å². The Morgan fingerprint density at radius 1 is 1.47 bits per heavy atom. The van der Waals surface area contributed by atoms with E-state index in [4.69, 9.17) is 14.2 Å². The second kappa shape index (κ2) is 4.62. The number of nitrogens with one attached hydrogen (secondary N) is 1. The Labute approximate surface area is 110 Å². The highest BCUT2D eigenvalue weighted by atomic mass is 16.7. The van der Waals surface area contributed by atoms with Gasteiger partial charge in [0.1, 0.15) is 0 Å². The lowest BCUT2D eigenvalue weighted by Gasteiger charge is -2.30. The van der Waals surface area contributed by atoms with E-state index in [1.807, 2.05) is 6.07 Å². The number of hydrogen-bond acceptors (Lipinski definition) is 6. The number of rotatable bonds is 2. The summed E-state index contributed by atoms with van der Waals surface area (Å²) in [5.41, 5.74) is 1.67. The smallest absolute Gasteiger partial charge is 0.331 e. The average molecular weight is 265 g/mol. The van der Waals surface area contributed by atoms with E-state index in [9.17, 15) is 9.90 Å². The number of aliphatic hydroxyl groups excluding tert-OH is 1. The lowest BCUT2D eigenvalue weighted by molar-refractivity contribution is -0.146. The van der Waals surface area contributed by atoms with Gasteiger partial charge >= 0.3 is 5.97 Å². The maximum Gasteiger partial charge on any atom is 0.331 e. The van der Waals surface area contributed by atoms with Crippen molar-refractivity contribution < 1.29 is 24.1 Å². The summed E-state index contributed by atoms with van der Waals surface area (Å²) in [6.45, 7) is 2.22. The Hall–Kier alpha value is -1.95. The second-order valence-corrected chi connectivity index (χ2v) is 4.51. The number of benzene rings is 1. The minimum Gasteiger partial charge on any atom is -0.464 e. The van der Waals surface area contributed by atoms with Gasteiger partial charge in [-0.15, -0.1) is 0 Å². The third-order valence-corrected chi connectivity index (χ3v) is 3.26. The fourth-order valence-corrected chi connectivity index (χ4v) is 2.34. The predicted octanol–water partition coefficient (Wildman–Crippen LogP) is 0.676. The van der Waals surface area contributed by atoms with Crippen molar-refractivity contribution in [1.29, 1.82) is 0 Å². The molecule has 6 heteroatoms. The van der Waals surface area contributed by atoms with Gasteiger partial charge < -0.3 is 24.6 Å². The first-order valence-electron chi connectivity index (χ1n) is 6.23. The first-order valence-corrected chi connectivity index (χ1v) is 6.23. The van der Waals surface area contributed by atoms with E-state index >= 15 is 0 Å². The van der Waals surface area contributed by atoms with Crippen LogP contribution in [-0.2, 0) is 16.0 Å². The summed E-state index contributed by atoms with van der Waals surface area (Å²) in [5, 5.41) is 13.0. The number of carbonyl (C=O) groups excluding carboxylic acids is 1. The first kappa shape index (κ1) is 12.1. The number of ether oxygens (including phenoxy) is 3. The van der Waals surface area contributed by atoms with E-state index in [2.05, 4.69) is 5.32 Å². The highest BCUT2D eigenvalue weighted by molar-refractivity contribution is 5.82. The van der Waals surface area contributed by atoms with Crippen LogP contribution >= 0.6 is 0 Å². The fraction of sp³-hybridized carbons (Fsp3) is 0.462. The molecule has 1 aromatic carbocycles. The largest absolute Gasteiger partial charge is 0.464 e. The van der Waals surface area contributed by atoms with E-state index in [-0.39, 0.29) is 13.4 Å². The Bertz CT molecular complexity index is 516.